The van der Waals surface area contributed by atoms with Gasteiger partial charge in [-0.05, 0) is 12.1 Å². The summed E-state index contributed by atoms with van der Waals surface area (Å²) < 4.78 is 0. The molecule has 0 radical (unpaired) electrons. The van der Waals surface area contributed by atoms with E-state index in [1.807, 2.05) is 24.3 Å². The molecular weight excluding hydrogens is 236 g/mol. The summed E-state index contributed by atoms with van der Waals surface area (Å²) >= 11 is 0. The summed E-state index contributed by atoms with van der Waals surface area (Å²) in [6.07, 6.45) is 0.305. The van der Waals surface area contributed by atoms with Crippen molar-refractivity contribution < 1.29 is 9.72 Å². The molecule has 7 heteroatoms. The van der Waals surface area contributed by atoms with Crippen LogP contribution in [-0.4, -0.2) is 26.8 Å². The third-order valence-corrected chi connectivity index (χ3v) is 3.00. The highest BCUT2D eigenvalue weighted by atomic mass is 16.6. The fourth-order valence-electron chi connectivity index (χ4n) is 1.92. The van der Waals surface area contributed by atoms with Gasteiger partial charge >= 0.3 is 0 Å². The zero-order chi connectivity index (χ0) is 12.7. The van der Waals surface area contributed by atoms with E-state index in [4.69, 9.17) is 0 Å². The molecule has 2 atom stereocenters. The van der Waals surface area contributed by atoms with Crippen molar-refractivity contribution >= 4 is 22.9 Å². The van der Waals surface area contributed by atoms with Gasteiger partial charge in [-0.15, -0.1) is 0 Å². The Morgan fingerprint density at radius 2 is 2.28 bits per heavy atom. The van der Waals surface area contributed by atoms with E-state index in [9.17, 15) is 14.9 Å². The van der Waals surface area contributed by atoms with E-state index in [-0.39, 0.29) is 5.91 Å². The maximum absolute atomic E-state index is 11.7. The van der Waals surface area contributed by atoms with E-state index in [1.165, 1.54) is 0 Å². The van der Waals surface area contributed by atoms with Gasteiger partial charge in [-0.25, -0.2) is 4.98 Å². The molecular formula is C11H10N4O3. The van der Waals surface area contributed by atoms with Gasteiger partial charge < -0.3 is 4.98 Å². The van der Waals surface area contributed by atoms with E-state index in [0.717, 1.165) is 11.0 Å². The summed E-state index contributed by atoms with van der Waals surface area (Å²) in [5.74, 6) is -0.556. The van der Waals surface area contributed by atoms with Gasteiger partial charge in [0.15, 0.2) is 0 Å². The molecule has 2 aromatic rings. The van der Waals surface area contributed by atoms with Crippen LogP contribution in [0.5, 0.6) is 0 Å². The number of rotatable bonds is 3. The number of H-pyrrole nitrogens is 1. The molecule has 0 bridgehead atoms. The maximum Gasteiger partial charge on any atom is 0.237 e. The van der Waals surface area contributed by atoms with Crippen molar-refractivity contribution in [3.05, 3.63) is 34.4 Å². The molecule has 18 heavy (non-hydrogen) atoms. The molecule has 1 aliphatic rings. The lowest BCUT2D eigenvalue weighted by molar-refractivity contribution is -0.497. The highest BCUT2D eigenvalue weighted by molar-refractivity contribution is 5.94. The van der Waals surface area contributed by atoms with Crippen molar-refractivity contribution in [3.8, 4) is 0 Å². The molecule has 1 aliphatic carbocycles. The summed E-state index contributed by atoms with van der Waals surface area (Å²) in [6, 6.07) is 6.62. The Hall–Kier alpha value is -2.44. The number of anilines is 1. The summed E-state index contributed by atoms with van der Waals surface area (Å²) in [4.78, 5) is 28.9. The normalized spacial score (nSPS) is 21.8. The largest absolute Gasteiger partial charge is 0.324 e. The fourth-order valence-corrected chi connectivity index (χ4v) is 1.92. The maximum atomic E-state index is 11.7. The van der Waals surface area contributed by atoms with Crippen LogP contribution in [0.15, 0.2) is 24.3 Å². The van der Waals surface area contributed by atoms with Crippen molar-refractivity contribution in [2.45, 2.75) is 12.5 Å². The van der Waals surface area contributed by atoms with E-state index in [2.05, 4.69) is 15.3 Å². The fraction of sp³-hybridized carbons (Fsp3) is 0.273. The average Bonchev–Trinajstić information content (AvgIpc) is 3.04. The number of fused-ring (bicyclic) bond motifs is 1. The van der Waals surface area contributed by atoms with Crippen LogP contribution in [0.25, 0.3) is 11.0 Å². The lowest BCUT2D eigenvalue weighted by atomic mass is 10.3. The van der Waals surface area contributed by atoms with Crippen LogP contribution < -0.4 is 5.32 Å². The Morgan fingerprint density at radius 3 is 2.94 bits per heavy atom. The first-order valence-corrected chi connectivity index (χ1v) is 5.54. The van der Waals surface area contributed by atoms with Crippen LogP contribution in [0.1, 0.15) is 6.42 Å². The molecule has 1 aromatic carbocycles. The van der Waals surface area contributed by atoms with Gasteiger partial charge in [0.2, 0.25) is 17.9 Å². The minimum Gasteiger partial charge on any atom is -0.324 e. The molecule has 0 aliphatic heterocycles. The zero-order valence-electron chi connectivity index (χ0n) is 9.29. The average molecular weight is 246 g/mol. The minimum absolute atomic E-state index is 0.305. The minimum atomic E-state index is -0.741. The van der Waals surface area contributed by atoms with Crippen LogP contribution in [0.3, 0.4) is 0 Å². The Kier molecular flexibility index (Phi) is 2.26. The van der Waals surface area contributed by atoms with Gasteiger partial charge in [0, 0.05) is 11.3 Å². The smallest absolute Gasteiger partial charge is 0.237 e. The predicted octanol–water partition coefficient (Wildman–Crippen LogP) is 1.17. The molecule has 3 rings (SSSR count). The third kappa shape index (κ3) is 1.79. The number of nitrogens with one attached hydrogen (secondary N) is 2. The van der Waals surface area contributed by atoms with Crippen LogP contribution in [-0.2, 0) is 4.79 Å². The first-order valence-electron chi connectivity index (χ1n) is 5.54. The molecule has 92 valence electrons. The number of carbonyl (C=O) groups is 1. The number of nitro groups is 1. The van der Waals surface area contributed by atoms with Crippen LogP contribution in [0.4, 0.5) is 5.95 Å². The number of imidazole rings is 1. The first-order chi connectivity index (χ1) is 8.65. The molecule has 7 nitrogen and oxygen atoms in total. The van der Waals surface area contributed by atoms with Crippen molar-refractivity contribution in [1.29, 1.82) is 0 Å². The summed E-state index contributed by atoms with van der Waals surface area (Å²) in [5.41, 5.74) is 1.56. The Morgan fingerprint density at radius 1 is 1.50 bits per heavy atom. The number of nitrogens with zero attached hydrogens (tertiary/aromatic N) is 2. The van der Waals surface area contributed by atoms with Gasteiger partial charge in [-0.2, -0.15) is 0 Å². The zero-order valence-corrected chi connectivity index (χ0v) is 9.29. The number of aromatic nitrogens is 2. The second kappa shape index (κ2) is 3.80. The van der Waals surface area contributed by atoms with Gasteiger partial charge in [0.05, 0.1) is 11.0 Å². The number of aromatic amines is 1. The molecule has 0 unspecified atom stereocenters. The van der Waals surface area contributed by atoms with Crippen molar-refractivity contribution in [2.75, 3.05) is 5.32 Å². The second-order valence-electron chi connectivity index (χ2n) is 4.29. The summed E-state index contributed by atoms with van der Waals surface area (Å²) in [5, 5.41) is 13.0. The molecule has 1 saturated carbocycles. The topological polar surface area (TPSA) is 101 Å². The van der Waals surface area contributed by atoms with Gasteiger partial charge in [0.1, 0.15) is 5.92 Å². The number of hydrogen-bond donors (Lipinski definition) is 2. The Labute approximate surface area is 101 Å². The first kappa shape index (κ1) is 10.7. The van der Waals surface area contributed by atoms with Crippen molar-refractivity contribution in [1.82, 2.24) is 9.97 Å². The Bertz CT molecular complexity index is 603. The van der Waals surface area contributed by atoms with E-state index >= 15 is 0 Å². The molecule has 0 spiro atoms. The number of carbonyl (C=O) groups excluding carboxylic acids is 1. The quantitative estimate of drug-likeness (QED) is 0.626. The lowest BCUT2D eigenvalue weighted by Gasteiger charge is -1.97. The number of benzene rings is 1. The van der Waals surface area contributed by atoms with Gasteiger partial charge in [-0.3, -0.25) is 20.2 Å². The van der Waals surface area contributed by atoms with Crippen LogP contribution in [0, 0.1) is 16.0 Å². The third-order valence-electron chi connectivity index (χ3n) is 3.00. The highest BCUT2D eigenvalue weighted by Crippen LogP contribution is 2.33. The second-order valence-corrected chi connectivity index (χ2v) is 4.29. The van der Waals surface area contributed by atoms with Crippen molar-refractivity contribution in [2.24, 2.45) is 5.92 Å². The molecule has 1 heterocycles. The lowest BCUT2D eigenvalue weighted by Crippen LogP contribution is -2.19. The molecule has 1 fully saturated rings. The highest BCUT2D eigenvalue weighted by Gasteiger charge is 2.53. The number of amides is 1. The molecule has 2 N–H and O–H groups in total. The molecule has 0 saturated heterocycles. The number of para-hydroxylation sites is 2. The van der Waals surface area contributed by atoms with E-state index in [0.29, 0.717) is 12.4 Å². The molecule has 1 amide bonds. The van der Waals surface area contributed by atoms with E-state index in [1.54, 1.807) is 0 Å². The Balaban J connectivity index is 1.73. The predicted molar refractivity (Wildman–Crippen MR) is 63.6 cm³/mol. The summed E-state index contributed by atoms with van der Waals surface area (Å²) in [6.45, 7) is 0. The van der Waals surface area contributed by atoms with Gasteiger partial charge in [0.25, 0.3) is 0 Å². The summed E-state index contributed by atoms with van der Waals surface area (Å²) in [7, 11) is 0. The van der Waals surface area contributed by atoms with Crippen LogP contribution >= 0.6 is 0 Å². The van der Waals surface area contributed by atoms with Gasteiger partial charge in [-0.1, -0.05) is 12.1 Å². The van der Waals surface area contributed by atoms with Crippen molar-refractivity contribution in [3.63, 3.8) is 0 Å². The number of hydrogen-bond acceptors (Lipinski definition) is 4. The van der Waals surface area contributed by atoms with E-state index < -0.39 is 16.9 Å². The standard InChI is InChI=1S/C11H10N4O3/c16-10(6-5-9(6)15(17)18)14-11-12-7-3-1-2-4-8(7)13-11/h1-4,6,9H,5H2,(H2,12,13,14,16)/t6-,9+/m0/s1. The van der Waals surface area contributed by atoms with Crippen LogP contribution in [0.2, 0.25) is 0 Å². The monoisotopic (exact) mass is 246 g/mol. The SMILES string of the molecule is O=C(Nc1nc2ccccc2[nH]1)[C@H]1C[C@H]1[N+](=O)[O-]. The molecule has 1 aromatic heterocycles.